The highest BCUT2D eigenvalue weighted by molar-refractivity contribution is 7.83. The fraction of sp³-hybridized carbons (Fsp3) is 0.917. The summed E-state index contributed by atoms with van der Waals surface area (Å²) in [5, 5.41) is -0.210. The molecule has 3 heteroatoms. The van der Waals surface area contributed by atoms with Crippen molar-refractivity contribution < 1.29 is 9.00 Å². The largest absolute Gasteiger partial charge is 0.546 e. The molecule has 0 aromatic carbocycles. The maximum Gasteiger partial charge on any atom is 0.546 e. The van der Waals surface area contributed by atoms with Gasteiger partial charge in [-0.25, -0.2) is 4.79 Å². The van der Waals surface area contributed by atoms with Crippen molar-refractivity contribution in [2.45, 2.75) is 71.1 Å². The van der Waals surface area contributed by atoms with E-state index in [9.17, 15) is 9.00 Å². The lowest BCUT2D eigenvalue weighted by Crippen LogP contribution is -1.93. The van der Waals surface area contributed by atoms with Crippen molar-refractivity contribution in [3.8, 4) is 0 Å². The first-order chi connectivity index (χ1) is 7.31. The highest BCUT2D eigenvalue weighted by atomic mass is 32.1. The molecule has 0 amide bonds. The number of hydrogen-bond acceptors (Lipinski definition) is 2. The number of rotatable bonds is 10. The van der Waals surface area contributed by atoms with Crippen LogP contribution in [0.1, 0.15) is 71.1 Å². The minimum absolute atomic E-state index is 0.113. The Hall–Kier alpha value is -0.310. The lowest BCUT2D eigenvalue weighted by atomic mass is 10.1. The summed E-state index contributed by atoms with van der Waals surface area (Å²) < 4.78 is 10.1. The summed E-state index contributed by atoms with van der Waals surface area (Å²) in [7, 11) is 0. The first-order valence-electron chi connectivity index (χ1n) is 6.14. The molecule has 15 heavy (non-hydrogen) atoms. The Morgan fingerprint density at radius 2 is 1.33 bits per heavy atom. The van der Waals surface area contributed by atoms with Crippen molar-refractivity contribution in [3.63, 3.8) is 0 Å². The maximum absolute atomic E-state index is 10.7. The molecular weight excluding hydrogens is 208 g/mol. The van der Waals surface area contributed by atoms with Crippen LogP contribution in [0.4, 0.5) is 0 Å². The van der Waals surface area contributed by atoms with Gasteiger partial charge in [0.15, 0.2) is 0 Å². The van der Waals surface area contributed by atoms with Gasteiger partial charge in [-0.15, -0.1) is 0 Å². The van der Waals surface area contributed by atoms with E-state index in [0.29, 0.717) is 6.42 Å². The van der Waals surface area contributed by atoms with E-state index in [-0.39, 0.29) is 16.8 Å². The van der Waals surface area contributed by atoms with Crippen molar-refractivity contribution in [1.82, 2.24) is 0 Å². The van der Waals surface area contributed by atoms with Crippen LogP contribution < -0.4 is 0 Å². The molecule has 0 saturated carbocycles. The molecule has 0 aromatic heterocycles. The van der Waals surface area contributed by atoms with Crippen molar-refractivity contribution in [2.24, 2.45) is 0 Å². The summed E-state index contributed by atoms with van der Waals surface area (Å²) in [4.78, 5) is 10.7. The minimum Gasteiger partial charge on any atom is -0.221 e. The molecule has 0 rings (SSSR count). The smallest absolute Gasteiger partial charge is 0.221 e. The first-order valence-corrected chi connectivity index (χ1v) is 6.88. The average molecular weight is 231 g/mol. The Bertz CT molecular complexity index is 169. The molecule has 0 aliphatic carbocycles. The van der Waals surface area contributed by atoms with Gasteiger partial charge in [-0.3, -0.25) is 0 Å². The van der Waals surface area contributed by atoms with E-state index in [2.05, 4.69) is 6.92 Å². The van der Waals surface area contributed by atoms with Crippen LogP contribution in [0.25, 0.3) is 0 Å². The van der Waals surface area contributed by atoms with Gasteiger partial charge >= 0.3 is 16.8 Å². The zero-order valence-corrected chi connectivity index (χ0v) is 10.6. The lowest BCUT2D eigenvalue weighted by molar-refractivity contribution is -0.111. The van der Waals surface area contributed by atoms with Gasteiger partial charge in [0.2, 0.25) is 0 Å². The van der Waals surface area contributed by atoms with Crippen LogP contribution in [0.2, 0.25) is 0 Å². The second kappa shape index (κ2) is 11.8. The van der Waals surface area contributed by atoms with Crippen LogP contribution in [-0.2, 0) is 20.7 Å². The first kappa shape index (κ1) is 14.7. The molecule has 0 atom stereocenters. The van der Waals surface area contributed by atoms with E-state index in [1.165, 1.54) is 44.9 Å². The third-order valence-corrected chi connectivity index (χ3v) is 2.97. The van der Waals surface area contributed by atoms with E-state index in [1.807, 2.05) is 0 Å². The van der Waals surface area contributed by atoms with Gasteiger partial charge < -0.3 is 0 Å². The van der Waals surface area contributed by atoms with E-state index >= 15 is 0 Å². The third kappa shape index (κ3) is 11.6. The van der Waals surface area contributed by atoms with Crippen molar-refractivity contribution in [2.75, 3.05) is 0 Å². The molecule has 88 valence electrons. The Morgan fingerprint density at radius 3 is 1.80 bits per heavy atom. The van der Waals surface area contributed by atoms with E-state index in [4.69, 9.17) is 0 Å². The molecule has 0 fully saturated rings. The van der Waals surface area contributed by atoms with Gasteiger partial charge in [0.05, 0.1) is 6.42 Å². The van der Waals surface area contributed by atoms with E-state index in [0.717, 1.165) is 12.8 Å². The SMILES string of the molecule is CCCCCCCCCCCC(=O)[S+]=O. The summed E-state index contributed by atoms with van der Waals surface area (Å²) in [6, 6.07) is 0. The predicted molar refractivity (Wildman–Crippen MR) is 64.9 cm³/mol. The molecule has 2 nitrogen and oxygen atoms in total. The monoisotopic (exact) mass is 231 g/mol. The highest BCUT2D eigenvalue weighted by Crippen LogP contribution is 2.10. The topological polar surface area (TPSA) is 34.1 Å². The third-order valence-electron chi connectivity index (χ3n) is 2.58. The van der Waals surface area contributed by atoms with Gasteiger partial charge in [0.1, 0.15) is 0 Å². The molecular formula is C12H23O2S+. The minimum atomic E-state index is -0.210. The number of unbranched alkanes of at least 4 members (excludes halogenated alkanes) is 8. The molecule has 0 radical (unpaired) electrons. The van der Waals surface area contributed by atoms with Crippen LogP contribution in [0.15, 0.2) is 0 Å². The summed E-state index contributed by atoms with van der Waals surface area (Å²) in [6.07, 6.45) is 11.6. The van der Waals surface area contributed by atoms with Gasteiger partial charge in [-0.2, -0.15) is 0 Å². The summed E-state index contributed by atoms with van der Waals surface area (Å²) in [5.74, 6) is 0. The fourth-order valence-electron chi connectivity index (χ4n) is 1.62. The molecule has 0 aliphatic rings. The second-order valence-electron chi connectivity index (χ2n) is 4.03. The zero-order valence-electron chi connectivity index (χ0n) is 9.80. The van der Waals surface area contributed by atoms with E-state index in [1.54, 1.807) is 0 Å². The van der Waals surface area contributed by atoms with Crippen LogP contribution in [0, 0.1) is 0 Å². The van der Waals surface area contributed by atoms with Gasteiger partial charge in [0.25, 0.3) is 0 Å². The summed E-state index contributed by atoms with van der Waals surface area (Å²) in [5.41, 5.74) is 0. The van der Waals surface area contributed by atoms with Crippen molar-refractivity contribution >= 4 is 16.8 Å². The molecule has 0 unspecified atom stereocenters. The lowest BCUT2D eigenvalue weighted by Gasteiger charge is -1.99. The summed E-state index contributed by atoms with van der Waals surface area (Å²) in [6.45, 7) is 2.23. The van der Waals surface area contributed by atoms with Crippen LogP contribution in [0.3, 0.4) is 0 Å². The maximum atomic E-state index is 10.7. The predicted octanol–water partition coefficient (Wildman–Crippen LogP) is 3.86. The molecule has 0 saturated heterocycles. The fourth-order valence-corrected chi connectivity index (χ4v) is 1.85. The molecule has 0 heterocycles. The van der Waals surface area contributed by atoms with Crippen LogP contribution in [0.5, 0.6) is 0 Å². The van der Waals surface area contributed by atoms with Crippen molar-refractivity contribution in [1.29, 1.82) is 0 Å². The normalized spacial score (nSPS) is 10.2. The Labute approximate surface area is 97.3 Å². The molecule has 0 aromatic rings. The molecule has 0 aliphatic heterocycles. The Balaban J connectivity index is 2.98. The second-order valence-corrected chi connectivity index (χ2v) is 4.66. The van der Waals surface area contributed by atoms with Gasteiger partial charge in [-0.05, 0) is 6.42 Å². The molecule has 0 N–H and O–H groups in total. The number of carbonyl (C=O) groups excluding carboxylic acids is 1. The Morgan fingerprint density at radius 1 is 0.867 bits per heavy atom. The summed E-state index contributed by atoms with van der Waals surface area (Å²) >= 11 is 0.113. The van der Waals surface area contributed by atoms with E-state index < -0.39 is 0 Å². The standard InChI is InChI=1S/C12H23O2S/c1-2-3-4-5-6-7-8-9-10-11-12(13)15-14/h2-11H2,1H3/q+1. The number of carbonyl (C=O) groups is 1. The van der Waals surface area contributed by atoms with Gasteiger partial charge in [0, 0.05) is 4.21 Å². The Kier molecular flexibility index (Phi) is 11.5. The van der Waals surface area contributed by atoms with Crippen LogP contribution in [-0.4, -0.2) is 5.12 Å². The molecule has 0 bridgehead atoms. The average Bonchev–Trinajstić information content (AvgIpc) is 2.26. The van der Waals surface area contributed by atoms with Crippen molar-refractivity contribution in [3.05, 3.63) is 0 Å². The zero-order chi connectivity index (χ0) is 11.4. The molecule has 0 spiro atoms. The highest BCUT2D eigenvalue weighted by Gasteiger charge is 2.13. The quantitative estimate of drug-likeness (QED) is 0.422. The number of hydrogen-bond donors (Lipinski definition) is 0. The van der Waals surface area contributed by atoms with Crippen LogP contribution >= 0.6 is 0 Å². The van der Waals surface area contributed by atoms with Gasteiger partial charge in [-0.1, -0.05) is 58.3 Å².